The molecule has 1 aromatic heterocycles. The number of aryl methyl sites for hydroxylation is 1. The second kappa shape index (κ2) is 6.13. The van der Waals surface area contributed by atoms with Gasteiger partial charge in [0, 0.05) is 7.11 Å². The summed E-state index contributed by atoms with van der Waals surface area (Å²) < 4.78 is 10.7. The highest BCUT2D eigenvalue weighted by atomic mass is 16.5. The van der Waals surface area contributed by atoms with Crippen LogP contribution in [0.4, 0.5) is 0 Å². The van der Waals surface area contributed by atoms with Gasteiger partial charge in [0.15, 0.2) is 0 Å². The number of hydrogen-bond acceptors (Lipinski definition) is 5. The van der Waals surface area contributed by atoms with Crippen molar-refractivity contribution in [2.24, 2.45) is 0 Å². The van der Waals surface area contributed by atoms with Crippen molar-refractivity contribution in [1.82, 2.24) is 10.2 Å². The van der Waals surface area contributed by atoms with Crippen LogP contribution in [0.25, 0.3) is 0 Å². The summed E-state index contributed by atoms with van der Waals surface area (Å²) in [5.74, 6) is 0.832. The molecule has 0 aliphatic rings. The summed E-state index contributed by atoms with van der Waals surface area (Å²) in [4.78, 5) is 0. The maximum atomic E-state index is 9.22. The second-order valence-corrected chi connectivity index (χ2v) is 4.38. The maximum absolute atomic E-state index is 9.22. The van der Waals surface area contributed by atoms with Gasteiger partial charge in [0.05, 0.1) is 12.3 Å². The normalized spacial score (nSPS) is 10.1. The van der Waals surface area contributed by atoms with Crippen molar-refractivity contribution in [3.63, 3.8) is 0 Å². The monoisotopic (exact) mass is 269 g/mol. The Morgan fingerprint density at radius 2 is 2.05 bits per heavy atom. The van der Waals surface area contributed by atoms with Crippen LogP contribution >= 0.6 is 0 Å². The van der Waals surface area contributed by atoms with E-state index in [0.29, 0.717) is 17.9 Å². The van der Waals surface area contributed by atoms with Crippen molar-refractivity contribution < 1.29 is 9.47 Å². The standard InChI is InChI=1S/C15H15N3O2/c1-10-11(2)17-18-15(14(10)8-16)20-13-6-4-5-12(7-13)9-19-3/h4-7H,9H2,1-3H3. The fraction of sp³-hybridized carbons (Fsp3) is 0.267. The molecule has 0 atom stereocenters. The Balaban J connectivity index is 2.33. The van der Waals surface area contributed by atoms with E-state index in [1.807, 2.05) is 32.0 Å². The van der Waals surface area contributed by atoms with E-state index < -0.39 is 0 Å². The summed E-state index contributed by atoms with van der Waals surface area (Å²) in [6.07, 6.45) is 0. The molecule has 20 heavy (non-hydrogen) atoms. The molecule has 1 aromatic carbocycles. The zero-order valence-corrected chi connectivity index (χ0v) is 11.7. The van der Waals surface area contributed by atoms with E-state index in [0.717, 1.165) is 16.8 Å². The molecule has 0 fully saturated rings. The maximum Gasteiger partial charge on any atom is 0.257 e. The van der Waals surface area contributed by atoms with Gasteiger partial charge in [-0.2, -0.15) is 10.4 Å². The molecule has 2 rings (SSSR count). The first-order valence-electron chi connectivity index (χ1n) is 6.15. The van der Waals surface area contributed by atoms with Crippen LogP contribution in [0.2, 0.25) is 0 Å². The fourth-order valence-electron chi connectivity index (χ4n) is 1.77. The largest absolute Gasteiger partial charge is 0.437 e. The number of methoxy groups -OCH3 is 1. The summed E-state index contributed by atoms with van der Waals surface area (Å²) in [7, 11) is 1.64. The SMILES string of the molecule is COCc1cccc(Oc2nnc(C)c(C)c2C#N)c1. The van der Waals surface area contributed by atoms with Gasteiger partial charge in [-0.15, -0.1) is 5.10 Å². The quantitative estimate of drug-likeness (QED) is 0.853. The fourth-order valence-corrected chi connectivity index (χ4v) is 1.77. The molecular weight excluding hydrogens is 254 g/mol. The van der Waals surface area contributed by atoms with Crippen LogP contribution in [0.1, 0.15) is 22.4 Å². The molecule has 0 spiro atoms. The first-order valence-corrected chi connectivity index (χ1v) is 6.15. The smallest absolute Gasteiger partial charge is 0.257 e. The van der Waals surface area contributed by atoms with Gasteiger partial charge in [-0.1, -0.05) is 12.1 Å². The van der Waals surface area contributed by atoms with Crippen LogP contribution in [0.3, 0.4) is 0 Å². The molecular formula is C15H15N3O2. The van der Waals surface area contributed by atoms with Crippen LogP contribution in [0.5, 0.6) is 11.6 Å². The van der Waals surface area contributed by atoms with Crippen molar-refractivity contribution in [2.45, 2.75) is 20.5 Å². The number of rotatable bonds is 4. The molecule has 0 aliphatic carbocycles. The van der Waals surface area contributed by atoms with E-state index in [1.165, 1.54) is 0 Å². The Kier molecular flexibility index (Phi) is 4.28. The average molecular weight is 269 g/mol. The molecule has 0 aliphatic heterocycles. The number of nitrogens with zero attached hydrogens (tertiary/aromatic N) is 3. The first kappa shape index (κ1) is 14.0. The van der Waals surface area contributed by atoms with E-state index in [2.05, 4.69) is 16.3 Å². The van der Waals surface area contributed by atoms with Crippen LogP contribution < -0.4 is 4.74 Å². The zero-order chi connectivity index (χ0) is 14.5. The number of nitriles is 1. The molecule has 0 amide bonds. The Labute approximate surface area is 117 Å². The van der Waals surface area contributed by atoms with Gasteiger partial charge >= 0.3 is 0 Å². The third-order valence-electron chi connectivity index (χ3n) is 2.96. The third kappa shape index (κ3) is 2.92. The minimum absolute atomic E-state index is 0.227. The molecule has 0 saturated heterocycles. The van der Waals surface area contributed by atoms with Gasteiger partial charge in [-0.25, -0.2) is 0 Å². The molecule has 0 radical (unpaired) electrons. The van der Waals surface area contributed by atoms with Gasteiger partial charge in [-0.05, 0) is 37.1 Å². The van der Waals surface area contributed by atoms with Crippen molar-refractivity contribution in [3.8, 4) is 17.7 Å². The number of hydrogen-bond donors (Lipinski definition) is 0. The lowest BCUT2D eigenvalue weighted by Crippen LogP contribution is -2.00. The average Bonchev–Trinajstić information content (AvgIpc) is 2.44. The molecule has 0 unspecified atom stereocenters. The lowest BCUT2D eigenvalue weighted by atomic mass is 10.1. The number of aromatic nitrogens is 2. The van der Waals surface area contributed by atoms with E-state index in [1.54, 1.807) is 13.2 Å². The highest BCUT2D eigenvalue weighted by Crippen LogP contribution is 2.25. The Morgan fingerprint density at radius 1 is 1.25 bits per heavy atom. The van der Waals surface area contributed by atoms with Gasteiger partial charge < -0.3 is 9.47 Å². The summed E-state index contributed by atoms with van der Waals surface area (Å²) >= 11 is 0. The lowest BCUT2D eigenvalue weighted by Gasteiger charge is -2.09. The predicted molar refractivity (Wildman–Crippen MR) is 73.5 cm³/mol. The second-order valence-electron chi connectivity index (χ2n) is 4.38. The molecule has 0 saturated carbocycles. The zero-order valence-electron chi connectivity index (χ0n) is 11.7. The summed E-state index contributed by atoms with van der Waals surface area (Å²) in [5.41, 5.74) is 2.91. The minimum Gasteiger partial charge on any atom is -0.437 e. The van der Waals surface area contributed by atoms with Crippen molar-refractivity contribution in [1.29, 1.82) is 5.26 Å². The van der Waals surface area contributed by atoms with Gasteiger partial charge in [-0.3, -0.25) is 0 Å². The van der Waals surface area contributed by atoms with E-state index in [9.17, 15) is 5.26 Å². The van der Waals surface area contributed by atoms with Gasteiger partial charge in [0.1, 0.15) is 17.4 Å². The number of ether oxygens (including phenoxy) is 2. The van der Waals surface area contributed by atoms with E-state index in [-0.39, 0.29) is 5.88 Å². The topological polar surface area (TPSA) is 68.0 Å². The predicted octanol–water partition coefficient (Wildman–Crippen LogP) is 2.90. The van der Waals surface area contributed by atoms with Crippen molar-refractivity contribution in [3.05, 3.63) is 46.6 Å². The van der Waals surface area contributed by atoms with Crippen LogP contribution in [0, 0.1) is 25.2 Å². The van der Waals surface area contributed by atoms with Crippen LogP contribution in [0.15, 0.2) is 24.3 Å². The molecule has 2 aromatic rings. The lowest BCUT2D eigenvalue weighted by molar-refractivity contribution is 0.184. The Hall–Kier alpha value is -2.45. The van der Waals surface area contributed by atoms with Crippen molar-refractivity contribution in [2.75, 3.05) is 7.11 Å². The van der Waals surface area contributed by atoms with Crippen molar-refractivity contribution >= 4 is 0 Å². The molecule has 0 bridgehead atoms. The minimum atomic E-state index is 0.227. The van der Waals surface area contributed by atoms with E-state index >= 15 is 0 Å². The third-order valence-corrected chi connectivity index (χ3v) is 2.96. The van der Waals surface area contributed by atoms with Crippen LogP contribution in [-0.2, 0) is 11.3 Å². The Bertz CT molecular complexity index is 663. The molecule has 5 heteroatoms. The first-order chi connectivity index (χ1) is 9.65. The highest BCUT2D eigenvalue weighted by Gasteiger charge is 2.13. The molecule has 1 heterocycles. The molecule has 102 valence electrons. The van der Waals surface area contributed by atoms with Gasteiger partial charge in [0.2, 0.25) is 0 Å². The molecule has 5 nitrogen and oxygen atoms in total. The van der Waals surface area contributed by atoms with Crippen LogP contribution in [-0.4, -0.2) is 17.3 Å². The molecule has 0 N–H and O–H groups in total. The number of benzene rings is 1. The summed E-state index contributed by atoms with van der Waals surface area (Å²) in [6, 6.07) is 9.57. The van der Waals surface area contributed by atoms with E-state index in [4.69, 9.17) is 9.47 Å². The highest BCUT2D eigenvalue weighted by molar-refractivity contribution is 5.46. The summed E-state index contributed by atoms with van der Waals surface area (Å²) in [6.45, 7) is 4.14. The summed E-state index contributed by atoms with van der Waals surface area (Å²) in [5, 5.41) is 17.2. The van der Waals surface area contributed by atoms with Gasteiger partial charge in [0.25, 0.3) is 5.88 Å². The Morgan fingerprint density at radius 3 is 2.75 bits per heavy atom.